The molecule has 2 aromatic carbocycles. The Labute approximate surface area is 169 Å². The van der Waals surface area contributed by atoms with Gasteiger partial charge in [-0.1, -0.05) is 61.9 Å². The van der Waals surface area contributed by atoms with Crippen LogP contribution in [0, 0.1) is 0 Å². The molecule has 1 heterocycles. The van der Waals surface area contributed by atoms with Crippen LogP contribution in [-0.2, 0) is 20.9 Å². The van der Waals surface area contributed by atoms with E-state index in [4.69, 9.17) is 0 Å². The maximum atomic E-state index is 13.1. The van der Waals surface area contributed by atoms with Gasteiger partial charge < -0.3 is 4.90 Å². The molecular formula is C22H23N3O4. The molecule has 1 aliphatic heterocycles. The van der Waals surface area contributed by atoms with Crippen LogP contribution >= 0.6 is 0 Å². The number of imide groups is 2. The van der Waals surface area contributed by atoms with Crippen molar-refractivity contribution in [3.8, 4) is 0 Å². The quantitative estimate of drug-likeness (QED) is 0.510. The van der Waals surface area contributed by atoms with E-state index in [9.17, 15) is 19.2 Å². The summed E-state index contributed by atoms with van der Waals surface area (Å²) in [5, 5.41) is 0. The molecule has 7 nitrogen and oxygen atoms in total. The van der Waals surface area contributed by atoms with E-state index in [1.165, 1.54) is 4.90 Å². The van der Waals surface area contributed by atoms with Gasteiger partial charge >= 0.3 is 17.8 Å². The first kappa shape index (κ1) is 20.3. The molecule has 0 bridgehead atoms. The molecule has 150 valence electrons. The van der Waals surface area contributed by atoms with Gasteiger partial charge in [0.2, 0.25) is 5.91 Å². The second-order valence-corrected chi connectivity index (χ2v) is 6.79. The Balaban J connectivity index is 1.80. The van der Waals surface area contributed by atoms with Gasteiger partial charge in [0.1, 0.15) is 6.54 Å². The number of amides is 5. The number of nitrogens with zero attached hydrogens (tertiary/aromatic N) is 3. The third-order valence-corrected chi connectivity index (χ3v) is 4.72. The summed E-state index contributed by atoms with van der Waals surface area (Å²) in [7, 11) is 0. The van der Waals surface area contributed by atoms with Crippen LogP contribution in [0.1, 0.15) is 25.3 Å². The summed E-state index contributed by atoms with van der Waals surface area (Å²) in [6, 6.07) is 17.7. The van der Waals surface area contributed by atoms with Gasteiger partial charge in [0.15, 0.2) is 0 Å². The number of unbranched alkanes of at least 4 members (excludes halogenated alkanes) is 1. The number of anilines is 1. The van der Waals surface area contributed by atoms with Crippen LogP contribution in [0.15, 0.2) is 60.7 Å². The number of benzene rings is 2. The molecule has 0 N–H and O–H groups in total. The Morgan fingerprint density at radius 1 is 0.862 bits per heavy atom. The average molecular weight is 393 g/mol. The van der Waals surface area contributed by atoms with E-state index in [0.29, 0.717) is 12.1 Å². The van der Waals surface area contributed by atoms with Crippen LogP contribution in [-0.4, -0.2) is 46.6 Å². The summed E-state index contributed by atoms with van der Waals surface area (Å²) in [5.74, 6) is -2.26. The van der Waals surface area contributed by atoms with Gasteiger partial charge in [-0.3, -0.25) is 19.3 Å². The largest absolute Gasteiger partial charge is 0.334 e. The molecule has 0 radical (unpaired) electrons. The molecule has 1 saturated heterocycles. The van der Waals surface area contributed by atoms with Crippen molar-refractivity contribution < 1.29 is 19.2 Å². The Kier molecular flexibility index (Phi) is 6.39. The molecule has 29 heavy (non-hydrogen) atoms. The van der Waals surface area contributed by atoms with Gasteiger partial charge in [-0.15, -0.1) is 0 Å². The topological polar surface area (TPSA) is 78.0 Å². The smallest absolute Gasteiger partial charge is 0.306 e. The van der Waals surface area contributed by atoms with Crippen LogP contribution < -0.4 is 4.90 Å². The highest BCUT2D eigenvalue weighted by atomic mass is 16.2. The van der Waals surface area contributed by atoms with Crippen molar-refractivity contribution in [3.63, 3.8) is 0 Å². The molecule has 1 aliphatic rings. The van der Waals surface area contributed by atoms with Crippen LogP contribution in [0.25, 0.3) is 0 Å². The third kappa shape index (κ3) is 4.51. The van der Waals surface area contributed by atoms with Crippen molar-refractivity contribution in [2.45, 2.75) is 26.3 Å². The highest BCUT2D eigenvalue weighted by Gasteiger charge is 2.45. The van der Waals surface area contributed by atoms with E-state index in [1.54, 1.807) is 12.1 Å². The fourth-order valence-electron chi connectivity index (χ4n) is 3.12. The lowest BCUT2D eigenvalue weighted by atomic mass is 10.2. The van der Waals surface area contributed by atoms with Crippen LogP contribution in [0.3, 0.4) is 0 Å². The fraction of sp³-hybridized carbons (Fsp3) is 0.273. The highest BCUT2D eigenvalue weighted by molar-refractivity contribution is 6.45. The molecule has 0 aliphatic carbocycles. The monoisotopic (exact) mass is 393 g/mol. The van der Waals surface area contributed by atoms with Crippen molar-refractivity contribution in [2.24, 2.45) is 0 Å². The van der Waals surface area contributed by atoms with E-state index in [1.807, 2.05) is 55.5 Å². The highest BCUT2D eigenvalue weighted by Crippen LogP contribution is 2.19. The first-order chi connectivity index (χ1) is 14.0. The minimum absolute atomic E-state index is 0.178. The summed E-state index contributed by atoms with van der Waals surface area (Å²) in [5.41, 5.74) is 1.55. The SMILES string of the molecule is CCCCN1C(=O)C(=O)N(CC(=O)N(Cc2ccccc2)c2ccccc2)C1=O. The first-order valence-electron chi connectivity index (χ1n) is 9.59. The van der Waals surface area contributed by atoms with Gasteiger partial charge in [-0.25, -0.2) is 9.69 Å². The van der Waals surface area contributed by atoms with Crippen molar-refractivity contribution >= 4 is 29.4 Å². The summed E-state index contributed by atoms with van der Waals surface area (Å²) in [6.07, 6.45) is 1.39. The maximum absolute atomic E-state index is 13.1. The van der Waals surface area contributed by atoms with Crippen molar-refractivity contribution in [1.29, 1.82) is 0 Å². The number of urea groups is 1. The second kappa shape index (κ2) is 9.14. The van der Waals surface area contributed by atoms with Crippen molar-refractivity contribution in [2.75, 3.05) is 18.0 Å². The van der Waals surface area contributed by atoms with E-state index in [2.05, 4.69) is 0 Å². The predicted molar refractivity (Wildman–Crippen MR) is 108 cm³/mol. The predicted octanol–water partition coefficient (Wildman–Crippen LogP) is 2.81. The van der Waals surface area contributed by atoms with E-state index >= 15 is 0 Å². The van der Waals surface area contributed by atoms with Gasteiger partial charge in [-0.2, -0.15) is 0 Å². The standard InChI is InChI=1S/C22H23N3O4/c1-2-3-14-23-20(27)21(28)25(22(23)29)16-19(26)24(18-12-8-5-9-13-18)15-17-10-6-4-7-11-17/h4-13H,2-3,14-16H2,1H3. The summed E-state index contributed by atoms with van der Waals surface area (Å²) >= 11 is 0. The maximum Gasteiger partial charge on any atom is 0.334 e. The molecule has 0 unspecified atom stereocenters. The zero-order chi connectivity index (χ0) is 20.8. The van der Waals surface area contributed by atoms with Crippen LogP contribution in [0.2, 0.25) is 0 Å². The average Bonchev–Trinajstić information content (AvgIpc) is 2.95. The zero-order valence-electron chi connectivity index (χ0n) is 16.3. The van der Waals surface area contributed by atoms with E-state index in [-0.39, 0.29) is 13.1 Å². The molecule has 3 rings (SSSR count). The van der Waals surface area contributed by atoms with E-state index in [0.717, 1.165) is 21.8 Å². The molecule has 0 saturated carbocycles. The number of hydrogen-bond acceptors (Lipinski definition) is 4. The Bertz CT molecular complexity index is 899. The molecular weight excluding hydrogens is 370 g/mol. The lowest BCUT2D eigenvalue weighted by Crippen LogP contribution is -2.43. The third-order valence-electron chi connectivity index (χ3n) is 4.72. The molecule has 0 spiro atoms. The van der Waals surface area contributed by atoms with Crippen LogP contribution in [0.5, 0.6) is 0 Å². The second-order valence-electron chi connectivity index (χ2n) is 6.79. The molecule has 7 heteroatoms. The first-order valence-corrected chi connectivity index (χ1v) is 9.59. The minimum Gasteiger partial charge on any atom is -0.306 e. The molecule has 1 fully saturated rings. The number of carbonyl (C=O) groups excluding carboxylic acids is 4. The number of hydrogen-bond donors (Lipinski definition) is 0. The fourth-order valence-corrected chi connectivity index (χ4v) is 3.12. The molecule has 0 atom stereocenters. The van der Waals surface area contributed by atoms with Gasteiger partial charge in [0, 0.05) is 12.2 Å². The van der Waals surface area contributed by atoms with Gasteiger partial charge in [0.05, 0.1) is 6.54 Å². The molecule has 2 aromatic rings. The van der Waals surface area contributed by atoms with Crippen LogP contribution in [0.4, 0.5) is 10.5 Å². The minimum atomic E-state index is -0.952. The van der Waals surface area contributed by atoms with Gasteiger partial charge in [0.25, 0.3) is 0 Å². The van der Waals surface area contributed by atoms with Crippen molar-refractivity contribution in [1.82, 2.24) is 9.80 Å². The van der Waals surface area contributed by atoms with Gasteiger partial charge in [-0.05, 0) is 24.1 Å². The number of rotatable bonds is 8. The van der Waals surface area contributed by atoms with E-state index < -0.39 is 30.3 Å². The Morgan fingerprint density at radius 3 is 2.07 bits per heavy atom. The summed E-state index contributed by atoms with van der Waals surface area (Å²) < 4.78 is 0. The summed E-state index contributed by atoms with van der Waals surface area (Å²) in [4.78, 5) is 53.2. The number of carbonyl (C=O) groups is 4. The van der Waals surface area contributed by atoms with Crippen molar-refractivity contribution in [3.05, 3.63) is 66.2 Å². The zero-order valence-corrected chi connectivity index (χ0v) is 16.3. The Hall–Kier alpha value is -3.48. The lowest BCUT2D eigenvalue weighted by Gasteiger charge is -2.25. The summed E-state index contributed by atoms with van der Waals surface area (Å²) in [6.45, 7) is 1.91. The molecule has 5 amide bonds. The Morgan fingerprint density at radius 2 is 1.45 bits per heavy atom. The normalized spacial score (nSPS) is 13.9. The molecule has 0 aromatic heterocycles. The number of para-hydroxylation sites is 1. The lowest BCUT2D eigenvalue weighted by molar-refractivity contribution is -0.143.